The third-order valence-electron chi connectivity index (χ3n) is 3.05. The van der Waals surface area contributed by atoms with Gasteiger partial charge in [-0.15, -0.1) is 0 Å². The van der Waals surface area contributed by atoms with Crippen molar-refractivity contribution in [1.82, 2.24) is 0 Å². The van der Waals surface area contributed by atoms with Crippen LogP contribution in [0, 0.1) is 13.8 Å². The smallest absolute Gasteiger partial charge is 0.291 e. The van der Waals surface area contributed by atoms with Gasteiger partial charge in [-0.05, 0) is 31.5 Å². The number of anilines is 1. The molecule has 0 aliphatic carbocycles. The molecule has 1 amide bonds. The highest BCUT2D eigenvalue weighted by Gasteiger charge is 2.15. The number of hydrogen-bond donors (Lipinski definition) is 1. The molecule has 0 unspecified atom stereocenters. The van der Waals surface area contributed by atoms with Crippen LogP contribution in [0.3, 0.4) is 0 Å². The number of carbonyl (C=O) groups is 1. The van der Waals surface area contributed by atoms with E-state index >= 15 is 0 Å². The van der Waals surface area contributed by atoms with Crippen LogP contribution in [0.25, 0.3) is 0 Å². The van der Waals surface area contributed by atoms with Crippen molar-refractivity contribution in [1.29, 1.82) is 0 Å². The van der Waals surface area contributed by atoms with Crippen LogP contribution in [0.5, 0.6) is 11.5 Å². The summed E-state index contributed by atoms with van der Waals surface area (Å²) in [6.07, 6.45) is 1.49. The zero-order valence-corrected chi connectivity index (χ0v) is 11.9. The van der Waals surface area contributed by atoms with Crippen molar-refractivity contribution < 1.29 is 18.7 Å². The Hall–Kier alpha value is -2.43. The molecular weight excluding hydrogens is 258 g/mol. The predicted molar refractivity (Wildman–Crippen MR) is 75.7 cm³/mol. The van der Waals surface area contributed by atoms with Crippen LogP contribution in [0.4, 0.5) is 5.69 Å². The second kappa shape index (κ2) is 5.69. The summed E-state index contributed by atoms with van der Waals surface area (Å²) in [7, 11) is 3.12. The molecule has 0 radical (unpaired) electrons. The molecule has 0 atom stereocenters. The number of methoxy groups -OCH3 is 2. The van der Waals surface area contributed by atoms with Gasteiger partial charge in [-0.25, -0.2) is 0 Å². The van der Waals surface area contributed by atoms with Crippen molar-refractivity contribution >= 4 is 11.6 Å². The first kappa shape index (κ1) is 14.0. The number of nitrogens with one attached hydrogen (secondary N) is 1. The van der Waals surface area contributed by atoms with Gasteiger partial charge in [0.25, 0.3) is 5.91 Å². The van der Waals surface area contributed by atoms with Crippen molar-refractivity contribution in [3.8, 4) is 11.5 Å². The van der Waals surface area contributed by atoms with Crippen molar-refractivity contribution in [3.63, 3.8) is 0 Å². The normalized spacial score (nSPS) is 10.2. The highest BCUT2D eigenvalue weighted by Crippen LogP contribution is 2.33. The number of carbonyl (C=O) groups excluding carboxylic acids is 1. The number of ether oxygens (including phenoxy) is 2. The highest BCUT2D eigenvalue weighted by molar-refractivity contribution is 6.03. The molecule has 0 aliphatic rings. The summed E-state index contributed by atoms with van der Waals surface area (Å²) in [5.74, 6) is 1.20. The van der Waals surface area contributed by atoms with Crippen LogP contribution in [-0.4, -0.2) is 20.1 Å². The van der Waals surface area contributed by atoms with E-state index in [1.807, 2.05) is 19.9 Å². The third kappa shape index (κ3) is 2.61. The number of rotatable bonds is 4. The lowest BCUT2D eigenvalue weighted by Crippen LogP contribution is -2.13. The lowest BCUT2D eigenvalue weighted by molar-refractivity contribution is 0.0995. The van der Waals surface area contributed by atoms with E-state index in [-0.39, 0.29) is 5.91 Å². The van der Waals surface area contributed by atoms with Gasteiger partial charge >= 0.3 is 0 Å². The van der Waals surface area contributed by atoms with E-state index in [0.717, 1.165) is 11.1 Å². The van der Waals surface area contributed by atoms with E-state index in [1.165, 1.54) is 6.26 Å². The van der Waals surface area contributed by atoms with Gasteiger partial charge in [-0.2, -0.15) is 0 Å². The van der Waals surface area contributed by atoms with Crippen LogP contribution in [0.1, 0.15) is 21.7 Å². The van der Waals surface area contributed by atoms with E-state index in [0.29, 0.717) is 22.9 Å². The van der Waals surface area contributed by atoms with Crippen LogP contribution >= 0.6 is 0 Å². The Bertz CT molecular complexity index is 631. The maximum absolute atomic E-state index is 12.1. The average Bonchev–Trinajstić information content (AvgIpc) is 2.86. The molecule has 0 saturated carbocycles. The van der Waals surface area contributed by atoms with Gasteiger partial charge in [0.05, 0.1) is 20.5 Å². The highest BCUT2D eigenvalue weighted by atomic mass is 16.5. The number of hydrogen-bond acceptors (Lipinski definition) is 4. The molecule has 0 bridgehead atoms. The summed E-state index contributed by atoms with van der Waals surface area (Å²) in [6, 6.07) is 5.28. The van der Waals surface area contributed by atoms with Gasteiger partial charge < -0.3 is 19.2 Å². The first-order valence-electron chi connectivity index (χ1n) is 6.15. The SMILES string of the molecule is COc1cc(C)c(NC(=O)c2occc2C)cc1OC. The average molecular weight is 275 g/mol. The minimum absolute atomic E-state index is 0.289. The first-order chi connectivity index (χ1) is 9.56. The fourth-order valence-electron chi connectivity index (χ4n) is 1.90. The second-order valence-corrected chi connectivity index (χ2v) is 4.41. The second-order valence-electron chi connectivity index (χ2n) is 4.41. The van der Waals surface area contributed by atoms with Gasteiger partial charge in [-0.3, -0.25) is 4.79 Å². The van der Waals surface area contributed by atoms with Gasteiger partial charge in [0.15, 0.2) is 17.3 Å². The molecule has 5 nitrogen and oxygen atoms in total. The van der Waals surface area contributed by atoms with Crippen LogP contribution < -0.4 is 14.8 Å². The van der Waals surface area contributed by atoms with E-state index in [9.17, 15) is 4.79 Å². The Morgan fingerprint density at radius 3 is 2.30 bits per heavy atom. The molecule has 0 saturated heterocycles. The Morgan fingerprint density at radius 1 is 1.10 bits per heavy atom. The summed E-state index contributed by atoms with van der Waals surface area (Å²) >= 11 is 0. The standard InChI is InChI=1S/C15H17NO4/c1-9-5-6-20-14(9)15(17)16-11-8-13(19-4)12(18-3)7-10(11)2/h5-8H,1-4H3,(H,16,17). The largest absolute Gasteiger partial charge is 0.493 e. The Balaban J connectivity index is 2.30. The summed E-state index contributed by atoms with van der Waals surface area (Å²) in [6.45, 7) is 3.70. The minimum Gasteiger partial charge on any atom is -0.493 e. The van der Waals surface area contributed by atoms with E-state index < -0.39 is 0 Å². The zero-order valence-electron chi connectivity index (χ0n) is 11.9. The number of aryl methyl sites for hydroxylation is 2. The minimum atomic E-state index is -0.289. The van der Waals surface area contributed by atoms with Gasteiger partial charge in [0.2, 0.25) is 0 Å². The van der Waals surface area contributed by atoms with Gasteiger partial charge in [0, 0.05) is 17.3 Å². The molecule has 1 aromatic carbocycles. The van der Waals surface area contributed by atoms with Crippen LogP contribution in [0.15, 0.2) is 28.9 Å². The number of benzene rings is 1. The molecule has 2 rings (SSSR count). The van der Waals surface area contributed by atoms with Crippen LogP contribution in [0.2, 0.25) is 0 Å². The molecule has 106 valence electrons. The molecule has 1 N–H and O–H groups in total. The summed E-state index contributed by atoms with van der Waals surface area (Å²) in [5, 5.41) is 2.81. The summed E-state index contributed by atoms with van der Waals surface area (Å²) in [4.78, 5) is 12.1. The van der Waals surface area contributed by atoms with Crippen molar-refractivity contribution in [2.75, 3.05) is 19.5 Å². The Kier molecular flexibility index (Phi) is 3.98. The molecule has 5 heteroatoms. The zero-order chi connectivity index (χ0) is 14.7. The lowest BCUT2D eigenvalue weighted by Gasteiger charge is -2.13. The Labute approximate surface area is 117 Å². The first-order valence-corrected chi connectivity index (χ1v) is 6.15. The summed E-state index contributed by atoms with van der Waals surface area (Å²) < 4.78 is 15.6. The molecular formula is C15H17NO4. The molecule has 0 aliphatic heterocycles. The monoisotopic (exact) mass is 275 g/mol. The quantitative estimate of drug-likeness (QED) is 0.931. The topological polar surface area (TPSA) is 60.7 Å². The maximum Gasteiger partial charge on any atom is 0.291 e. The molecule has 1 heterocycles. The molecule has 2 aromatic rings. The fraction of sp³-hybridized carbons (Fsp3) is 0.267. The maximum atomic E-state index is 12.1. The third-order valence-corrected chi connectivity index (χ3v) is 3.05. The van der Waals surface area contributed by atoms with Gasteiger partial charge in [0.1, 0.15) is 0 Å². The lowest BCUT2D eigenvalue weighted by atomic mass is 10.1. The van der Waals surface area contributed by atoms with Crippen molar-refractivity contribution in [3.05, 3.63) is 41.3 Å². The van der Waals surface area contributed by atoms with E-state index in [1.54, 1.807) is 26.4 Å². The van der Waals surface area contributed by atoms with Gasteiger partial charge in [-0.1, -0.05) is 0 Å². The molecule has 0 fully saturated rings. The summed E-state index contributed by atoms with van der Waals surface area (Å²) in [5.41, 5.74) is 2.32. The van der Waals surface area contributed by atoms with Crippen LogP contribution in [-0.2, 0) is 0 Å². The molecule has 20 heavy (non-hydrogen) atoms. The van der Waals surface area contributed by atoms with E-state index in [4.69, 9.17) is 13.9 Å². The molecule has 0 spiro atoms. The van der Waals surface area contributed by atoms with Crippen molar-refractivity contribution in [2.24, 2.45) is 0 Å². The van der Waals surface area contributed by atoms with Crippen molar-refractivity contribution in [2.45, 2.75) is 13.8 Å². The number of furan rings is 1. The number of amides is 1. The Morgan fingerprint density at radius 2 is 1.75 bits per heavy atom. The molecule has 1 aromatic heterocycles. The van der Waals surface area contributed by atoms with E-state index in [2.05, 4.69) is 5.32 Å². The predicted octanol–water partition coefficient (Wildman–Crippen LogP) is 3.17. The fourth-order valence-corrected chi connectivity index (χ4v) is 1.90.